The van der Waals surface area contributed by atoms with Crippen LogP contribution >= 0.6 is 11.8 Å². The minimum absolute atomic E-state index is 0.0814. The number of carbonyl (C=O) groups is 2. The maximum absolute atomic E-state index is 12.8. The summed E-state index contributed by atoms with van der Waals surface area (Å²) in [5.41, 5.74) is 2.99. The SMILES string of the molecule is CSCC(=O)N1CCC[C@H](C(=O)c2ccc(-c3ccccc3)cc2)C1. The van der Waals surface area contributed by atoms with Crippen molar-refractivity contribution in [2.45, 2.75) is 12.8 Å². The number of hydrogen-bond acceptors (Lipinski definition) is 3. The summed E-state index contributed by atoms with van der Waals surface area (Å²) >= 11 is 1.53. The molecule has 1 atom stereocenters. The zero-order valence-corrected chi connectivity index (χ0v) is 15.3. The van der Waals surface area contributed by atoms with Crippen LogP contribution in [0.15, 0.2) is 54.6 Å². The van der Waals surface area contributed by atoms with Crippen LogP contribution in [0, 0.1) is 5.92 Å². The number of ketones is 1. The van der Waals surface area contributed by atoms with E-state index in [1.165, 1.54) is 11.8 Å². The Kier molecular flexibility index (Phi) is 5.92. The number of piperidine rings is 1. The van der Waals surface area contributed by atoms with Crippen LogP contribution in [-0.2, 0) is 4.79 Å². The van der Waals surface area contributed by atoms with E-state index in [4.69, 9.17) is 0 Å². The summed E-state index contributed by atoms with van der Waals surface area (Å²) in [6.45, 7) is 1.33. The average Bonchev–Trinajstić information content (AvgIpc) is 2.68. The highest BCUT2D eigenvalue weighted by Crippen LogP contribution is 2.24. The third-order valence-corrected chi connectivity index (χ3v) is 5.22. The normalized spacial score (nSPS) is 17.3. The van der Waals surface area contributed by atoms with E-state index in [1.54, 1.807) is 0 Å². The number of amides is 1. The predicted octanol–water partition coefficient (Wildman–Crippen LogP) is 4.14. The van der Waals surface area contributed by atoms with Crippen LogP contribution in [0.1, 0.15) is 23.2 Å². The number of likely N-dealkylation sites (tertiary alicyclic amines) is 1. The van der Waals surface area contributed by atoms with Gasteiger partial charge >= 0.3 is 0 Å². The van der Waals surface area contributed by atoms with Crippen molar-refractivity contribution in [1.29, 1.82) is 0 Å². The van der Waals surface area contributed by atoms with E-state index in [0.717, 1.165) is 36.1 Å². The molecular formula is C21H23NO2S. The third kappa shape index (κ3) is 4.31. The first-order chi connectivity index (χ1) is 12.2. The Bertz CT molecular complexity index is 727. The van der Waals surface area contributed by atoms with Crippen molar-refractivity contribution >= 4 is 23.5 Å². The van der Waals surface area contributed by atoms with Crippen LogP contribution in [0.3, 0.4) is 0 Å². The maximum atomic E-state index is 12.8. The second kappa shape index (κ2) is 8.34. The summed E-state index contributed by atoms with van der Waals surface area (Å²) in [6, 6.07) is 18.0. The molecule has 0 unspecified atom stereocenters. The van der Waals surface area contributed by atoms with Gasteiger partial charge in [-0.3, -0.25) is 9.59 Å². The minimum Gasteiger partial charge on any atom is -0.341 e. The van der Waals surface area contributed by atoms with Crippen LogP contribution in [0.4, 0.5) is 0 Å². The molecule has 1 amide bonds. The molecule has 25 heavy (non-hydrogen) atoms. The summed E-state index contributed by atoms with van der Waals surface area (Å²) in [6.07, 6.45) is 3.69. The highest BCUT2D eigenvalue weighted by atomic mass is 32.2. The lowest BCUT2D eigenvalue weighted by atomic mass is 9.89. The molecule has 1 fully saturated rings. The van der Waals surface area contributed by atoms with Gasteiger partial charge in [-0.1, -0.05) is 54.6 Å². The lowest BCUT2D eigenvalue weighted by molar-refractivity contribution is -0.129. The second-order valence-electron chi connectivity index (χ2n) is 6.42. The molecule has 0 spiro atoms. The van der Waals surface area contributed by atoms with Crippen molar-refractivity contribution in [3.05, 3.63) is 60.2 Å². The first-order valence-electron chi connectivity index (χ1n) is 8.65. The van der Waals surface area contributed by atoms with E-state index in [2.05, 4.69) is 12.1 Å². The van der Waals surface area contributed by atoms with E-state index in [9.17, 15) is 9.59 Å². The molecule has 3 rings (SSSR count). The molecule has 3 nitrogen and oxygen atoms in total. The average molecular weight is 353 g/mol. The van der Waals surface area contributed by atoms with Crippen LogP contribution in [0.25, 0.3) is 11.1 Å². The molecule has 1 heterocycles. The molecule has 130 valence electrons. The van der Waals surface area contributed by atoms with Crippen molar-refractivity contribution in [1.82, 2.24) is 4.90 Å². The highest BCUT2D eigenvalue weighted by Gasteiger charge is 2.28. The zero-order valence-electron chi connectivity index (χ0n) is 14.5. The van der Waals surface area contributed by atoms with Crippen molar-refractivity contribution in [3.63, 3.8) is 0 Å². The van der Waals surface area contributed by atoms with Gasteiger partial charge in [0.05, 0.1) is 5.75 Å². The van der Waals surface area contributed by atoms with Crippen molar-refractivity contribution in [2.24, 2.45) is 5.92 Å². The number of benzene rings is 2. The molecule has 0 N–H and O–H groups in total. The van der Waals surface area contributed by atoms with Gasteiger partial charge in [0, 0.05) is 24.6 Å². The molecule has 0 saturated carbocycles. The second-order valence-corrected chi connectivity index (χ2v) is 7.29. The minimum atomic E-state index is -0.0814. The zero-order chi connectivity index (χ0) is 17.6. The number of carbonyl (C=O) groups excluding carboxylic acids is 2. The van der Waals surface area contributed by atoms with Gasteiger partial charge in [0.25, 0.3) is 0 Å². The Morgan fingerprint density at radius 3 is 2.40 bits per heavy atom. The van der Waals surface area contributed by atoms with Gasteiger partial charge in [0.15, 0.2) is 5.78 Å². The fraction of sp³-hybridized carbons (Fsp3) is 0.333. The fourth-order valence-corrected chi connectivity index (χ4v) is 3.76. The van der Waals surface area contributed by atoms with Gasteiger partial charge in [-0.05, 0) is 30.2 Å². The highest BCUT2D eigenvalue weighted by molar-refractivity contribution is 7.99. The Morgan fingerprint density at radius 1 is 1.04 bits per heavy atom. The lowest BCUT2D eigenvalue weighted by Crippen LogP contribution is -2.43. The molecule has 1 aliphatic heterocycles. The van der Waals surface area contributed by atoms with Crippen molar-refractivity contribution < 1.29 is 9.59 Å². The standard InChI is InChI=1S/C21H23NO2S/c1-25-15-20(23)22-13-5-8-19(14-22)21(24)18-11-9-17(10-12-18)16-6-3-2-4-7-16/h2-4,6-7,9-12,19H,5,8,13-15H2,1H3/t19-/m0/s1. The third-order valence-electron chi connectivity index (χ3n) is 4.69. The first kappa shape index (κ1) is 17.7. The largest absolute Gasteiger partial charge is 0.341 e. The maximum Gasteiger partial charge on any atom is 0.232 e. The topological polar surface area (TPSA) is 37.4 Å². The number of thioether (sulfide) groups is 1. The van der Waals surface area contributed by atoms with Crippen molar-refractivity contribution in [2.75, 3.05) is 25.1 Å². The number of rotatable bonds is 5. The fourth-order valence-electron chi connectivity index (χ4n) is 3.33. The summed E-state index contributed by atoms with van der Waals surface area (Å²) in [5.74, 6) is 0.708. The number of hydrogen-bond donors (Lipinski definition) is 0. The predicted molar refractivity (Wildman–Crippen MR) is 104 cm³/mol. The van der Waals surface area contributed by atoms with Crippen LogP contribution < -0.4 is 0 Å². The van der Waals surface area contributed by atoms with E-state index in [0.29, 0.717) is 12.3 Å². The van der Waals surface area contributed by atoms with Crippen LogP contribution in [-0.4, -0.2) is 41.7 Å². The van der Waals surface area contributed by atoms with Gasteiger partial charge in [0.2, 0.25) is 5.91 Å². The molecule has 0 radical (unpaired) electrons. The molecule has 0 aliphatic carbocycles. The molecule has 0 bridgehead atoms. The van der Waals surface area contributed by atoms with Gasteiger partial charge < -0.3 is 4.90 Å². The molecule has 2 aromatic rings. The Hall–Kier alpha value is -2.07. The van der Waals surface area contributed by atoms with E-state index < -0.39 is 0 Å². The van der Waals surface area contributed by atoms with Gasteiger partial charge in [-0.2, -0.15) is 11.8 Å². The van der Waals surface area contributed by atoms with Crippen LogP contribution in [0.2, 0.25) is 0 Å². The van der Waals surface area contributed by atoms with Gasteiger partial charge in [-0.25, -0.2) is 0 Å². The van der Waals surface area contributed by atoms with E-state index >= 15 is 0 Å². The van der Waals surface area contributed by atoms with Crippen LogP contribution in [0.5, 0.6) is 0 Å². The Labute approximate surface area is 153 Å². The number of Topliss-reactive ketones (excluding diaryl/α,β-unsaturated/α-hetero) is 1. The lowest BCUT2D eigenvalue weighted by Gasteiger charge is -2.32. The molecular weight excluding hydrogens is 330 g/mol. The summed E-state index contributed by atoms with van der Waals surface area (Å²) < 4.78 is 0. The van der Waals surface area contributed by atoms with Gasteiger partial charge in [-0.15, -0.1) is 0 Å². The molecule has 1 saturated heterocycles. The number of nitrogens with zero attached hydrogens (tertiary/aromatic N) is 1. The van der Waals surface area contributed by atoms with E-state index in [-0.39, 0.29) is 17.6 Å². The molecule has 2 aromatic carbocycles. The molecule has 1 aliphatic rings. The summed E-state index contributed by atoms with van der Waals surface area (Å²) in [5, 5.41) is 0. The van der Waals surface area contributed by atoms with E-state index in [1.807, 2.05) is 53.6 Å². The van der Waals surface area contributed by atoms with Crippen molar-refractivity contribution in [3.8, 4) is 11.1 Å². The monoisotopic (exact) mass is 353 g/mol. The summed E-state index contributed by atoms with van der Waals surface area (Å²) in [7, 11) is 0. The Balaban J connectivity index is 1.69. The summed E-state index contributed by atoms with van der Waals surface area (Å²) in [4.78, 5) is 26.8. The molecule has 4 heteroatoms. The first-order valence-corrected chi connectivity index (χ1v) is 10.0. The quantitative estimate of drug-likeness (QED) is 0.758. The smallest absolute Gasteiger partial charge is 0.232 e. The molecule has 0 aromatic heterocycles. The van der Waals surface area contributed by atoms with Gasteiger partial charge in [0.1, 0.15) is 0 Å². The Morgan fingerprint density at radius 2 is 1.72 bits per heavy atom.